The van der Waals surface area contributed by atoms with Crippen LogP contribution in [0.15, 0.2) is 22.7 Å². The lowest BCUT2D eigenvalue weighted by atomic mass is 10.1. The van der Waals surface area contributed by atoms with Crippen LogP contribution in [0.4, 0.5) is 5.69 Å². The Hall–Kier alpha value is -1.40. The normalized spacial score (nSPS) is 19.4. The summed E-state index contributed by atoms with van der Waals surface area (Å²) in [7, 11) is 1.99. The maximum Gasteiger partial charge on any atom is 0.335 e. The Morgan fingerprint density at radius 3 is 2.74 bits per heavy atom. The van der Waals surface area contributed by atoms with Crippen molar-refractivity contribution in [3.63, 3.8) is 0 Å². The molecule has 0 radical (unpaired) electrons. The fourth-order valence-electron chi connectivity index (χ4n) is 2.13. The van der Waals surface area contributed by atoms with Crippen LogP contribution in [0.1, 0.15) is 16.8 Å². The monoisotopic (exact) mass is 326 g/mol. The van der Waals surface area contributed by atoms with Crippen molar-refractivity contribution in [3.8, 4) is 0 Å². The van der Waals surface area contributed by atoms with Gasteiger partial charge < -0.3 is 15.3 Å². The summed E-state index contributed by atoms with van der Waals surface area (Å²) in [6, 6.07) is 4.56. The third-order valence-electron chi connectivity index (χ3n) is 3.24. The molecule has 1 aromatic carbocycles. The number of amides is 1. The maximum atomic E-state index is 12.1. The minimum Gasteiger partial charge on any atom is -0.478 e. The highest BCUT2D eigenvalue weighted by Crippen LogP contribution is 2.25. The topological polar surface area (TPSA) is 69.6 Å². The van der Waals surface area contributed by atoms with Crippen LogP contribution in [0.3, 0.4) is 0 Å². The van der Waals surface area contributed by atoms with E-state index in [1.54, 1.807) is 6.07 Å². The van der Waals surface area contributed by atoms with Gasteiger partial charge in [-0.1, -0.05) is 0 Å². The largest absolute Gasteiger partial charge is 0.478 e. The number of hydrogen-bond acceptors (Lipinski definition) is 3. The van der Waals surface area contributed by atoms with Gasteiger partial charge >= 0.3 is 5.97 Å². The second kappa shape index (κ2) is 5.71. The number of likely N-dealkylation sites (tertiary alicyclic amines) is 1. The fraction of sp³-hybridized carbons (Fsp3) is 0.385. The first-order valence-corrected chi connectivity index (χ1v) is 6.79. The van der Waals surface area contributed by atoms with Crippen molar-refractivity contribution in [3.05, 3.63) is 28.2 Å². The summed E-state index contributed by atoms with van der Waals surface area (Å²) >= 11 is 3.28. The van der Waals surface area contributed by atoms with Crippen molar-refractivity contribution < 1.29 is 14.7 Å². The molecule has 1 fully saturated rings. The van der Waals surface area contributed by atoms with Crippen LogP contribution >= 0.6 is 15.9 Å². The van der Waals surface area contributed by atoms with Crippen LogP contribution in [0.5, 0.6) is 0 Å². The summed E-state index contributed by atoms with van der Waals surface area (Å²) in [6.07, 6.45) is 0.854. The van der Waals surface area contributed by atoms with E-state index < -0.39 is 5.97 Å². The minimum absolute atomic E-state index is 0.00366. The molecule has 1 aliphatic rings. The number of halogens is 1. The number of hydrogen-bond donors (Lipinski definition) is 2. The highest BCUT2D eigenvalue weighted by molar-refractivity contribution is 9.10. The van der Waals surface area contributed by atoms with Gasteiger partial charge in [0.1, 0.15) is 0 Å². The van der Waals surface area contributed by atoms with Crippen LogP contribution in [0.2, 0.25) is 0 Å². The highest BCUT2D eigenvalue weighted by Gasteiger charge is 2.26. The van der Waals surface area contributed by atoms with Gasteiger partial charge in [0, 0.05) is 11.0 Å². The zero-order chi connectivity index (χ0) is 14.0. The van der Waals surface area contributed by atoms with Gasteiger partial charge in [0.05, 0.1) is 17.2 Å². The van der Waals surface area contributed by atoms with E-state index in [4.69, 9.17) is 5.11 Å². The Morgan fingerprint density at radius 1 is 1.47 bits per heavy atom. The maximum absolute atomic E-state index is 12.1. The molecule has 1 unspecified atom stereocenters. The van der Waals surface area contributed by atoms with Gasteiger partial charge in [0.15, 0.2) is 0 Å². The Kier molecular flexibility index (Phi) is 4.21. The molecular formula is C13H15BrN2O3. The van der Waals surface area contributed by atoms with E-state index in [2.05, 4.69) is 26.1 Å². The SMILES string of the molecule is CN1CCC(C(=O)Nc2ccc(C(=O)O)cc2Br)C1. The van der Waals surface area contributed by atoms with Crippen molar-refractivity contribution in [1.82, 2.24) is 4.90 Å². The average Bonchev–Trinajstić information content (AvgIpc) is 2.78. The van der Waals surface area contributed by atoms with Crippen LogP contribution in [0.25, 0.3) is 0 Å². The molecule has 19 heavy (non-hydrogen) atoms. The molecule has 1 aromatic rings. The summed E-state index contributed by atoms with van der Waals surface area (Å²) < 4.78 is 0.576. The summed E-state index contributed by atoms with van der Waals surface area (Å²) in [5.41, 5.74) is 0.787. The Labute approximate surface area is 119 Å². The molecule has 1 amide bonds. The third-order valence-corrected chi connectivity index (χ3v) is 3.89. The van der Waals surface area contributed by atoms with Gasteiger partial charge in [-0.3, -0.25) is 4.79 Å². The zero-order valence-corrected chi connectivity index (χ0v) is 12.1. The summed E-state index contributed by atoms with van der Waals surface area (Å²) in [5, 5.41) is 11.7. The molecule has 5 nitrogen and oxygen atoms in total. The molecular weight excluding hydrogens is 312 g/mol. The van der Waals surface area contributed by atoms with Crippen LogP contribution in [-0.4, -0.2) is 42.0 Å². The van der Waals surface area contributed by atoms with Gasteiger partial charge in [-0.2, -0.15) is 0 Å². The lowest BCUT2D eigenvalue weighted by Crippen LogP contribution is -2.25. The minimum atomic E-state index is -0.990. The second-order valence-electron chi connectivity index (χ2n) is 4.74. The van der Waals surface area contributed by atoms with Crippen molar-refractivity contribution in [2.24, 2.45) is 5.92 Å². The molecule has 1 saturated heterocycles. The van der Waals surface area contributed by atoms with E-state index >= 15 is 0 Å². The molecule has 1 atom stereocenters. The van der Waals surface area contributed by atoms with Crippen molar-refractivity contribution in [1.29, 1.82) is 0 Å². The van der Waals surface area contributed by atoms with E-state index in [1.165, 1.54) is 12.1 Å². The van der Waals surface area contributed by atoms with E-state index in [9.17, 15) is 9.59 Å². The predicted octanol–water partition coefficient (Wildman–Crippen LogP) is 2.04. The van der Waals surface area contributed by atoms with Crippen molar-refractivity contribution in [2.45, 2.75) is 6.42 Å². The molecule has 0 aromatic heterocycles. The summed E-state index contributed by atoms with van der Waals surface area (Å²) in [6.45, 7) is 1.69. The first kappa shape index (κ1) is 14.0. The number of carbonyl (C=O) groups is 2. The van der Waals surface area contributed by atoms with Crippen molar-refractivity contribution in [2.75, 3.05) is 25.5 Å². The van der Waals surface area contributed by atoms with Crippen LogP contribution < -0.4 is 5.32 Å². The predicted molar refractivity (Wildman–Crippen MR) is 75.3 cm³/mol. The number of aromatic carboxylic acids is 1. The average molecular weight is 327 g/mol. The van der Waals surface area contributed by atoms with E-state index in [0.29, 0.717) is 10.2 Å². The van der Waals surface area contributed by atoms with Gasteiger partial charge in [0.2, 0.25) is 5.91 Å². The Balaban J connectivity index is 2.07. The molecule has 1 aliphatic heterocycles. The second-order valence-corrected chi connectivity index (χ2v) is 5.59. The van der Waals surface area contributed by atoms with Crippen molar-refractivity contribution >= 4 is 33.5 Å². The first-order chi connectivity index (χ1) is 8.97. The smallest absolute Gasteiger partial charge is 0.335 e. The van der Waals surface area contributed by atoms with Gasteiger partial charge in [-0.15, -0.1) is 0 Å². The molecule has 0 spiro atoms. The quantitative estimate of drug-likeness (QED) is 0.891. The zero-order valence-electron chi connectivity index (χ0n) is 10.5. The number of carbonyl (C=O) groups excluding carboxylic acids is 1. The fourth-order valence-corrected chi connectivity index (χ4v) is 2.61. The molecule has 0 aliphatic carbocycles. The number of carboxylic acids is 1. The Morgan fingerprint density at radius 2 is 2.21 bits per heavy atom. The van der Waals surface area contributed by atoms with E-state index in [0.717, 1.165) is 19.5 Å². The van der Waals surface area contributed by atoms with Gasteiger partial charge in [-0.05, 0) is 54.1 Å². The van der Waals surface area contributed by atoms with E-state index in [-0.39, 0.29) is 17.4 Å². The van der Waals surface area contributed by atoms with Gasteiger partial charge in [-0.25, -0.2) is 4.79 Å². The summed E-state index contributed by atoms with van der Waals surface area (Å²) in [5.74, 6) is -1.01. The number of nitrogens with zero attached hydrogens (tertiary/aromatic N) is 1. The molecule has 2 N–H and O–H groups in total. The summed E-state index contributed by atoms with van der Waals surface area (Å²) in [4.78, 5) is 25.0. The molecule has 1 heterocycles. The third kappa shape index (κ3) is 3.33. The molecule has 2 rings (SSSR count). The number of rotatable bonds is 3. The van der Waals surface area contributed by atoms with Gasteiger partial charge in [0.25, 0.3) is 0 Å². The lowest BCUT2D eigenvalue weighted by Gasteiger charge is -2.12. The number of anilines is 1. The number of carboxylic acid groups (broad SMARTS) is 1. The number of nitrogens with one attached hydrogen (secondary N) is 1. The molecule has 0 saturated carbocycles. The van der Waals surface area contributed by atoms with Crippen LogP contribution in [-0.2, 0) is 4.79 Å². The first-order valence-electron chi connectivity index (χ1n) is 5.99. The van der Waals surface area contributed by atoms with E-state index in [1.807, 2.05) is 7.05 Å². The highest BCUT2D eigenvalue weighted by atomic mass is 79.9. The molecule has 102 valence electrons. The lowest BCUT2D eigenvalue weighted by molar-refractivity contribution is -0.119. The standard InChI is InChI=1S/C13H15BrN2O3/c1-16-5-4-9(7-16)12(17)15-11-3-2-8(13(18)19)6-10(11)14/h2-3,6,9H,4-5,7H2,1H3,(H,15,17)(H,18,19). The van der Waals surface area contributed by atoms with Crippen LogP contribution in [0, 0.1) is 5.92 Å². The Bertz CT molecular complexity index is 519. The number of benzene rings is 1. The molecule has 0 bridgehead atoms. The molecule has 6 heteroatoms.